The van der Waals surface area contributed by atoms with Crippen LogP contribution >= 0.6 is 0 Å². The van der Waals surface area contributed by atoms with E-state index in [0.717, 1.165) is 0 Å². The third kappa shape index (κ3) is 3.30. The largest absolute Gasteiger partial charge is 0.353 e. The Balaban J connectivity index is 1.84. The summed E-state index contributed by atoms with van der Waals surface area (Å²) in [5, 5.41) is 3.33. The number of halogens is 3. The van der Waals surface area contributed by atoms with E-state index in [1.807, 2.05) is 6.92 Å². The van der Waals surface area contributed by atoms with Gasteiger partial charge in [-0.2, -0.15) is 0 Å². The Labute approximate surface area is 164 Å². The normalized spacial score (nSPS) is 21.1. The van der Waals surface area contributed by atoms with E-state index in [2.05, 4.69) is 20.3 Å². The molecule has 148 valence electrons. The van der Waals surface area contributed by atoms with Crippen molar-refractivity contribution in [3.8, 4) is 0 Å². The third-order valence-electron chi connectivity index (χ3n) is 5.05. The van der Waals surface area contributed by atoms with Crippen molar-refractivity contribution in [1.29, 1.82) is 0 Å². The monoisotopic (exact) mass is 398 g/mol. The SMILES string of the molecule is C[C@@H]1N=C(c2cccc(=O)[nH]2)N[C@@]1(c1ccc(F)cc1)c1ccc(C(F)F)nc1. The number of alkyl halides is 2. The summed E-state index contributed by atoms with van der Waals surface area (Å²) in [6.07, 6.45) is -1.30. The highest BCUT2D eigenvalue weighted by Gasteiger charge is 2.45. The van der Waals surface area contributed by atoms with Crippen LogP contribution in [-0.4, -0.2) is 21.8 Å². The highest BCUT2D eigenvalue weighted by Crippen LogP contribution is 2.38. The highest BCUT2D eigenvalue weighted by atomic mass is 19.3. The topological polar surface area (TPSA) is 70.1 Å². The van der Waals surface area contributed by atoms with Gasteiger partial charge in [-0.25, -0.2) is 13.2 Å². The second-order valence-electron chi connectivity index (χ2n) is 6.79. The Hall–Kier alpha value is -3.42. The third-order valence-corrected chi connectivity index (χ3v) is 5.05. The van der Waals surface area contributed by atoms with E-state index in [9.17, 15) is 18.0 Å². The average Bonchev–Trinajstić information content (AvgIpc) is 3.07. The first-order chi connectivity index (χ1) is 13.9. The van der Waals surface area contributed by atoms with Gasteiger partial charge in [0.05, 0.1) is 11.7 Å². The predicted octanol–water partition coefficient (Wildman–Crippen LogP) is 3.53. The van der Waals surface area contributed by atoms with Crippen molar-refractivity contribution >= 4 is 5.84 Å². The number of nitrogens with zero attached hydrogens (tertiary/aromatic N) is 2. The molecular weight excluding hydrogens is 381 g/mol. The number of H-pyrrole nitrogens is 1. The molecule has 0 radical (unpaired) electrons. The molecule has 2 N–H and O–H groups in total. The van der Waals surface area contributed by atoms with Gasteiger partial charge in [-0.05, 0) is 36.8 Å². The first-order valence-electron chi connectivity index (χ1n) is 8.96. The number of rotatable bonds is 4. The molecule has 3 heterocycles. The van der Waals surface area contributed by atoms with Crippen molar-refractivity contribution in [3.63, 3.8) is 0 Å². The van der Waals surface area contributed by atoms with Crippen LogP contribution in [0.15, 0.2) is 70.6 Å². The maximum absolute atomic E-state index is 13.5. The zero-order valence-corrected chi connectivity index (χ0v) is 15.4. The number of aromatic amines is 1. The maximum atomic E-state index is 13.5. The first-order valence-corrected chi connectivity index (χ1v) is 8.96. The summed E-state index contributed by atoms with van der Waals surface area (Å²) in [7, 11) is 0. The number of benzene rings is 1. The molecule has 0 saturated heterocycles. The van der Waals surface area contributed by atoms with Gasteiger partial charge in [-0.15, -0.1) is 0 Å². The summed E-state index contributed by atoms with van der Waals surface area (Å²) >= 11 is 0. The smallest absolute Gasteiger partial charge is 0.280 e. The molecule has 0 amide bonds. The van der Waals surface area contributed by atoms with Crippen molar-refractivity contribution < 1.29 is 13.2 Å². The second kappa shape index (κ2) is 7.20. The molecule has 2 atom stereocenters. The van der Waals surface area contributed by atoms with Crippen LogP contribution in [0, 0.1) is 5.82 Å². The standard InChI is InChI=1S/C21H17F3N4O/c1-12-21(13-5-8-15(22)9-6-13,14-7-10-16(19(23)24)25-11-14)28-20(26-12)17-3-2-4-18(29)27-17/h2-12,19H,1H3,(H,26,28)(H,27,29)/t12-,21-/m0/s1. The molecule has 0 fully saturated rings. The fourth-order valence-electron chi connectivity index (χ4n) is 3.61. The van der Waals surface area contributed by atoms with Crippen LogP contribution in [0.25, 0.3) is 0 Å². The van der Waals surface area contributed by atoms with Gasteiger partial charge >= 0.3 is 0 Å². The molecular formula is C21H17F3N4O. The van der Waals surface area contributed by atoms with Gasteiger partial charge in [0, 0.05) is 17.8 Å². The predicted molar refractivity (Wildman–Crippen MR) is 103 cm³/mol. The molecule has 1 aromatic carbocycles. The Bertz CT molecular complexity index is 1110. The molecule has 0 spiro atoms. The lowest BCUT2D eigenvalue weighted by molar-refractivity contribution is 0.146. The van der Waals surface area contributed by atoms with Crippen LogP contribution in [0.4, 0.5) is 13.2 Å². The van der Waals surface area contributed by atoms with E-state index >= 15 is 0 Å². The molecule has 1 aliphatic heterocycles. The number of amidine groups is 1. The molecule has 0 unspecified atom stereocenters. The van der Waals surface area contributed by atoms with Crippen LogP contribution in [0.1, 0.15) is 35.9 Å². The molecule has 0 saturated carbocycles. The van der Waals surface area contributed by atoms with Crippen LogP contribution in [0.3, 0.4) is 0 Å². The van der Waals surface area contributed by atoms with Gasteiger partial charge in [0.1, 0.15) is 22.9 Å². The van der Waals surface area contributed by atoms with Crippen LogP contribution < -0.4 is 10.9 Å². The van der Waals surface area contributed by atoms with E-state index in [1.165, 1.54) is 30.5 Å². The number of aromatic nitrogens is 2. The summed E-state index contributed by atoms with van der Waals surface area (Å²) in [6, 6.07) is 13.0. The molecule has 0 bridgehead atoms. The zero-order chi connectivity index (χ0) is 20.6. The number of pyridine rings is 2. The lowest BCUT2D eigenvalue weighted by Crippen LogP contribution is -2.48. The minimum atomic E-state index is -2.68. The zero-order valence-electron chi connectivity index (χ0n) is 15.4. The molecule has 8 heteroatoms. The summed E-state index contributed by atoms with van der Waals surface area (Å²) in [5.41, 5.74) is 0.200. The fourth-order valence-corrected chi connectivity index (χ4v) is 3.61. The number of hydrogen-bond donors (Lipinski definition) is 2. The van der Waals surface area contributed by atoms with Gasteiger partial charge in [0.2, 0.25) is 5.56 Å². The summed E-state index contributed by atoms with van der Waals surface area (Å²) < 4.78 is 39.5. The van der Waals surface area contributed by atoms with Crippen LogP contribution in [0.5, 0.6) is 0 Å². The fraction of sp³-hybridized carbons (Fsp3) is 0.190. The van der Waals surface area contributed by atoms with Gasteiger partial charge in [-0.3, -0.25) is 14.8 Å². The maximum Gasteiger partial charge on any atom is 0.280 e. The molecule has 29 heavy (non-hydrogen) atoms. The second-order valence-corrected chi connectivity index (χ2v) is 6.79. The molecule has 0 aliphatic carbocycles. The van der Waals surface area contributed by atoms with Crippen molar-refractivity contribution in [3.05, 3.63) is 99.5 Å². The Morgan fingerprint density at radius 1 is 1.03 bits per heavy atom. The molecule has 4 rings (SSSR count). The number of nitrogens with one attached hydrogen (secondary N) is 2. The van der Waals surface area contributed by atoms with Crippen LogP contribution in [-0.2, 0) is 5.54 Å². The van der Waals surface area contributed by atoms with Crippen molar-refractivity contribution in [2.45, 2.75) is 24.9 Å². The van der Waals surface area contributed by atoms with E-state index in [1.54, 1.807) is 30.3 Å². The van der Waals surface area contributed by atoms with Gasteiger partial charge < -0.3 is 10.3 Å². The van der Waals surface area contributed by atoms with Crippen molar-refractivity contribution in [1.82, 2.24) is 15.3 Å². The first kappa shape index (κ1) is 18.9. The average molecular weight is 398 g/mol. The highest BCUT2D eigenvalue weighted by molar-refractivity contribution is 5.99. The molecule has 3 aromatic rings. The Morgan fingerprint density at radius 3 is 2.38 bits per heavy atom. The number of hydrogen-bond acceptors (Lipinski definition) is 4. The van der Waals surface area contributed by atoms with E-state index in [-0.39, 0.29) is 11.3 Å². The minimum absolute atomic E-state index is 0.276. The van der Waals surface area contributed by atoms with Gasteiger partial charge in [0.15, 0.2) is 0 Å². The van der Waals surface area contributed by atoms with Crippen molar-refractivity contribution in [2.75, 3.05) is 0 Å². The molecule has 1 aliphatic rings. The summed E-state index contributed by atoms with van der Waals surface area (Å²) in [6.45, 7) is 1.85. The van der Waals surface area contributed by atoms with E-state index < -0.39 is 23.8 Å². The Morgan fingerprint density at radius 2 is 1.76 bits per heavy atom. The van der Waals surface area contributed by atoms with Crippen LogP contribution in [0.2, 0.25) is 0 Å². The quantitative estimate of drug-likeness (QED) is 0.707. The minimum Gasteiger partial charge on any atom is -0.353 e. The molecule has 5 nitrogen and oxygen atoms in total. The Kier molecular flexibility index (Phi) is 4.70. The summed E-state index contributed by atoms with van der Waals surface area (Å²) in [5.74, 6) is 0.0479. The number of aliphatic imine (C=N–C) groups is 1. The summed E-state index contributed by atoms with van der Waals surface area (Å²) in [4.78, 5) is 23.0. The lowest BCUT2D eigenvalue weighted by Gasteiger charge is -2.34. The van der Waals surface area contributed by atoms with Gasteiger partial charge in [-0.1, -0.05) is 24.3 Å². The van der Waals surface area contributed by atoms with Gasteiger partial charge in [0.25, 0.3) is 6.43 Å². The lowest BCUT2D eigenvalue weighted by atomic mass is 9.79. The van der Waals surface area contributed by atoms with Crippen molar-refractivity contribution in [2.24, 2.45) is 4.99 Å². The van der Waals surface area contributed by atoms with E-state index in [4.69, 9.17) is 0 Å². The molecule has 2 aromatic heterocycles. The van der Waals surface area contributed by atoms with E-state index in [0.29, 0.717) is 22.7 Å².